The van der Waals surface area contributed by atoms with Crippen LogP contribution in [0.25, 0.3) is 0 Å². The molecule has 0 aliphatic carbocycles. The third kappa shape index (κ3) is 6.89. The highest BCUT2D eigenvalue weighted by molar-refractivity contribution is 5.90. The van der Waals surface area contributed by atoms with Crippen molar-refractivity contribution in [3.8, 4) is 0 Å². The maximum atomic E-state index is 11.6. The molecule has 0 heterocycles. The first-order chi connectivity index (χ1) is 9.61. The fraction of sp³-hybridized carbons (Fsp3) is 0.467. The molecule has 0 spiro atoms. The maximum Gasteiger partial charge on any atom is 0.303 e. The summed E-state index contributed by atoms with van der Waals surface area (Å²) >= 11 is 0. The Labute approximate surface area is 118 Å². The smallest absolute Gasteiger partial charge is 0.303 e. The van der Waals surface area contributed by atoms with Gasteiger partial charge in [-0.1, -0.05) is 19.1 Å². The summed E-state index contributed by atoms with van der Waals surface area (Å²) in [5, 5.41) is 11.4. The number of anilines is 1. The van der Waals surface area contributed by atoms with E-state index in [0.29, 0.717) is 31.7 Å². The van der Waals surface area contributed by atoms with Crippen molar-refractivity contribution in [3.05, 3.63) is 29.8 Å². The number of carbonyl (C=O) groups is 2. The fourth-order valence-corrected chi connectivity index (χ4v) is 1.64. The third-order valence-corrected chi connectivity index (χ3v) is 2.69. The molecule has 0 radical (unpaired) electrons. The maximum absolute atomic E-state index is 11.6. The third-order valence-electron chi connectivity index (χ3n) is 2.69. The predicted octanol–water partition coefficient (Wildman–Crippen LogP) is 2.46. The molecule has 20 heavy (non-hydrogen) atoms. The minimum absolute atomic E-state index is 0.0839. The van der Waals surface area contributed by atoms with Gasteiger partial charge in [-0.05, 0) is 30.5 Å². The summed E-state index contributed by atoms with van der Waals surface area (Å²) in [6.07, 6.45) is 1.88. The molecule has 0 aliphatic heterocycles. The first-order valence-corrected chi connectivity index (χ1v) is 6.80. The lowest BCUT2D eigenvalue weighted by atomic mass is 10.1. The lowest BCUT2D eigenvalue weighted by Crippen LogP contribution is -2.14. The number of ether oxygens (including phenoxy) is 1. The SMILES string of the molecule is CCCOCCC(=O)Nc1ccc(CCC(=O)O)cc1. The Kier molecular flexibility index (Phi) is 7.35. The van der Waals surface area contributed by atoms with Gasteiger partial charge in [0.2, 0.25) is 5.91 Å². The fourth-order valence-electron chi connectivity index (χ4n) is 1.64. The van der Waals surface area contributed by atoms with Crippen molar-refractivity contribution in [2.24, 2.45) is 0 Å². The topological polar surface area (TPSA) is 75.6 Å². The highest BCUT2D eigenvalue weighted by Gasteiger charge is 2.03. The van der Waals surface area contributed by atoms with E-state index < -0.39 is 5.97 Å². The second-order valence-corrected chi connectivity index (χ2v) is 4.50. The van der Waals surface area contributed by atoms with Crippen molar-refractivity contribution in [2.45, 2.75) is 32.6 Å². The Morgan fingerprint density at radius 2 is 1.85 bits per heavy atom. The number of hydrogen-bond acceptors (Lipinski definition) is 3. The van der Waals surface area contributed by atoms with Crippen molar-refractivity contribution in [1.29, 1.82) is 0 Å². The summed E-state index contributed by atoms with van der Waals surface area (Å²) in [7, 11) is 0. The zero-order chi connectivity index (χ0) is 14.8. The molecule has 0 saturated carbocycles. The molecule has 1 aromatic rings. The summed E-state index contributed by atoms with van der Waals surface area (Å²) < 4.78 is 5.25. The number of rotatable bonds is 9. The highest BCUT2D eigenvalue weighted by atomic mass is 16.5. The summed E-state index contributed by atoms with van der Waals surface area (Å²) in [5.74, 6) is -0.895. The average Bonchev–Trinajstić information content (AvgIpc) is 2.43. The minimum atomic E-state index is -0.811. The van der Waals surface area contributed by atoms with E-state index in [-0.39, 0.29) is 12.3 Å². The van der Waals surface area contributed by atoms with Crippen LogP contribution < -0.4 is 5.32 Å². The van der Waals surface area contributed by atoms with E-state index in [0.717, 1.165) is 12.0 Å². The Morgan fingerprint density at radius 1 is 1.15 bits per heavy atom. The van der Waals surface area contributed by atoms with Crippen molar-refractivity contribution >= 4 is 17.6 Å². The molecule has 1 aromatic carbocycles. The monoisotopic (exact) mass is 279 g/mol. The van der Waals surface area contributed by atoms with Gasteiger partial charge in [0, 0.05) is 18.7 Å². The van der Waals surface area contributed by atoms with Crippen LogP contribution in [-0.4, -0.2) is 30.2 Å². The van der Waals surface area contributed by atoms with E-state index in [1.807, 2.05) is 19.1 Å². The van der Waals surface area contributed by atoms with Gasteiger partial charge >= 0.3 is 5.97 Å². The van der Waals surface area contributed by atoms with Gasteiger partial charge < -0.3 is 15.2 Å². The van der Waals surface area contributed by atoms with Gasteiger partial charge in [0.1, 0.15) is 0 Å². The number of nitrogens with one attached hydrogen (secondary N) is 1. The van der Waals surface area contributed by atoms with Gasteiger partial charge in [-0.3, -0.25) is 9.59 Å². The predicted molar refractivity (Wildman–Crippen MR) is 76.8 cm³/mol. The largest absolute Gasteiger partial charge is 0.481 e. The van der Waals surface area contributed by atoms with E-state index in [4.69, 9.17) is 9.84 Å². The van der Waals surface area contributed by atoms with Gasteiger partial charge in [0.05, 0.1) is 13.0 Å². The summed E-state index contributed by atoms with van der Waals surface area (Å²) in [5.41, 5.74) is 1.65. The molecular formula is C15H21NO4. The normalized spacial score (nSPS) is 10.2. The number of benzene rings is 1. The van der Waals surface area contributed by atoms with Crippen molar-refractivity contribution < 1.29 is 19.4 Å². The highest BCUT2D eigenvalue weighted by Crippen LogP contribution is 2.11. The molecule has 0 bridgehead atoms. The summed E-state index contributed by atoms with van der Waals surface area (Å²) in [6, 6.07) is 7.21. The van der Waals surface area contributed by atoms with E-state index in [2.05, 4.69) is 5.32 Å². The van der Waals surface area contributed by atoms with E-state index in [1.54, 1.807) is 12.1 Å². The minimum Gasteiger partial charge on any atom is -0.481 e. The molecule has 1 rings (SSSR count). The lowest BCUT2D eigenvalue weighted by Gasteiger charge is -2.06. The molecule has 110 valence electrons. The zero-order valence-electron chi connectivity index (χ0n) is 11.7. The number of carboxylic acids is 1. The number of amides is 1. The zero-order valence-corrected chi connectivity index (χ0v) is 11.7. The summed E-state index contributed by atoms with van der Waals surface area (Å²) in [4.78, 5) is 22.1. The quantitative estimate of drug-likeness (QED) is 0.681. The number of hydrogen-bond donors (Lipinski definition) is 2. The van der Waals surface area contributed by atoms with Gasteiger partial charge in [-0.25, -0.2) is 0 Å². The molecular weight excluding hydrogens is 258 g/mol. The van der Waals surface area contributed by atoms with E-state index >= 15 is 0 Å². The van der Waals surface area contributed by atoms with Crippen LogP contribution in [0.5, 0.6) is 0 Å². The van der Waals surface area contributed by atoms with Crippen molar-refractivity contribution in [1.82, 2.24) is 0 Å². The molecule has 5 heteroatoms. The second-order valence-electron chi connectivity index (χ2n) is 4.50. The Bertz CT molecular complexity index is 428. The molecule has 0 unspecified atom stereocenters. The van der Waals surface area contributed by atoms with Crippen LogP contribution >= 0.6 is 0 Å². The second kappa shape index (κ2) is 9.09. The van der Waals surface area contributed by atoms with Gasteiger partial charge in [-0.15, -0.1) is 0 Å². The first-order valence-electron chi connectivity index (χ1n) is 6.80. The molecule has 1 amide bonds. The van der Waals surface area contributed by atoms with Crippen LogP contribution in [0.1, 0.15) is 31.7 Å². The summed E-state index contributed by atoms with van der Waals surface area (Å²) in [6.45, 7) is 3.12. The van der Waals surface area contributed by atoms with Crippen molar-refractivity contribution in [3.63, 3.8) is 0 Å². The van der Waals surface area contributed by atoms with Crippen molar-refractivity contribution in [2.75, 3.05) is 18.5 Å². The van der Waals surface area contributed by atoms with E-state index in [1.165, 1.54) is 0 Å². The molecule has 0 aliphatic rings. The van der Waals surface area contributed by atoms with Crippen LogP contribution in [0.4, 0.5) is 5.69 Å². The molecule has 0 aromatic heterocycles. The average molecular weight is 279 g/mol. The Hall–Kier alpha value is -1.88. The molecule has 0 atom stereocenters. The van der Waals surface area contributed by atoms with Gasteiger partial charge in [-0.2, -0.15) is 0 Å². The number of aryl methyl sites for hydroxylation is 1. The van der Waals surface area contributed by atoms with Gasteiger partial charge in [0.25, 0.3) is 0 Å². The molecule has 0 fully saturated rings. The van der Waals surface area contributed by atoms with Crippen LogP contribution in [-0.2, 0) is 20.7 Å². The van der Waals surface area contributed by atoms with Crippen LogP contribution in [0.3, 0.4) is 0 Å². The number of carbonyl (C=O) groups excluding carboxylic acids is 1. The lowest BCUT2D eigenvalue weighted by molar-refractivity contribution is -0.137. The van der Waals surface area contributed by atoms with Crippen LogP contribution in [0.15, 0.2) is 24.3 Å². The van der Waals surface area contributed by atoms with Crippen LogP contribution in [0.2, 0.25) is 0 Å². The molecule has 0 saturated heterocycles. The number of aliphatic carboxylic acids is 1. The molecule has 2 N–H and O–H groups in total. The van der Waals surface area contributed by atoms with E-state index in [9.17, 15) is 9.59 Å². The Morgan fingerprint density at radius 3 is 2.45 bits per heavy atom. The standard InChI is InChI=1S/C15H21NO4/c1-2-10-20-11-9-14(17)16-13-6-3-12(4-7-13)5-8-15(18)19/h3-4,6-7H,2,5,8-11H2,1H3,(H,16,17)(H,18,19). The molecule has 5 nitrogen and oxygen atoms in total. The number of carboxylic acid groups (broad SMARTS) is 1. The first kappa shape index (κ1) is 16.2. The van der Waals surface area contributed by atoms with Gasteiger partial charge in [0.15, 0.2) is 0 Å². The Balaban J connectivity index is 2.33. The van der Waals surface area contributed by atoms with Crippen LogP contribution in [0, 0.1) is 0 Å².